The third-order valence-electron chi connectivity index (χ3n) is 6.50. The Morgan fingerprint density at radius 2 is 1.77 bits per heavy atom. The Hall–Kier alpha value is -0.320. The van der Waals surface area contributed by atoms with Gasteiger partial charge in [0.15, 0.2) is 0 Å². The van der Waals surface area contributed by atoms with Crippen molar-refractivity contribution in [2.24, 2.45) is 5.92 Å². The Kier molecular flexibility index (Phi) is 9.74. The summed E-state index contributed by atoms with van der Waals surface area (Å²) in [5.74, 6) is 0.617. The first-order chi connectivity index (χ1) is 17.3. The van der Waals surface area contributed by atoms with Crippen molar-refractivity contribution in [2.75, 3.05) is 40.0 Å². The number of thioether (sulfide) groups is 2. The molecule has 0 aromatic carbocycles. The van der Waals surface area contributed by atoms with Crippen LogP contribution < -0.4 is 0 Å². The molecule has 192 valence electrons. The molecule has 0 amide bonds. The molecule has 0 saturated heterocycles. The van der Waals surface area contributed by atoms with Crippen LogP contribution in [-0.4, -0.2) is 45.3 Å². The average Bonchev–Trinajstić information content (AvgIpc) is 3.59. The summed E-state index contributed by atoms with van der Waals surface area (Å²) in [6.45, 7) is 8.05. The summed E-state index contributed by atoms with van der Waals surface area (Å²) in [5, 5.41) is 0.725. The van der Waals surface area contributed by atoms with Gasteiger partial charge in [-0.3, -0.25) is 0 Å². The summed E-state index contributed by atoms with van der Waals surface area (Å²) in [6.07, 6.45) is 10.5. The second-order valence-corrected chi connectivity index (χ2v) is 14.0. The zero-order chi connectivity index (χ0) is 24.0. The summed E-state index contributed by atoms with van der Waals surface area (Å²) >= 11 is 8.25. The van der Waals surface area contributed by atoms with Crippen LogP contribution in [0, 0.1) is 5.92 Å². The highest BCUT2D eigenvalue weighted by molar-refractivity contribution is 8.11. The van der Waals surface area contributed by atoms with Crippen molar-refractivity contribution in [1.29, 1.82) is 0 Å². The van der Waals surface area contributed by atoms with Crippen molar-refractivity contribution in [1.82, 2.24) is 0 Å². The van der Waals surface area contributed by atoms with E-state index in [0.29, 0.717) is 19.5 Å². The highest BCUT2D eigenvalue weighted by Crippen LogP contribution is 2.61. The normalized spacial score (nSPS) is 21.0. The fraction of sp³-hybridized carbons (Fsp3) is 0.630. The Morgan fingerprint density at radius 1 is 0.943 bits per heavy atom. The molecule has 0 fully saturated rings. The molecule has 0 radical (unpaired) electrons. The Balaban J connectivity index is 1.11. The number of rotatable bonds is 15. The Labute approximate surface area is 225 Å². The lowest BCUT2D eigenvalue weighted by atomic mass is 9.94. The van der Waals surface area contributed by atoms with Crippen LogP contribution in [0.1, 0.15) is 61.3 Å². The first-order valence-electron chi connectivity index (χ1n) is 12.9. The molecule has 4 nitrogen and oxygen atoms in total. The fourth-order valence-corrected chi connectivity index (χ4v) is 10.8. The predicted octanol–water partition coefficient (Wildman–Crippen LogP) is 8.06. The molecule has 2 unspecified atom stereocenters. The number of thiophene rings is 2. The zero-order valence-electron chi connectivity index (χ0n) is 20.8. The van der Waals surface area contributed by atoms with Crippen LogP contribution in [0.2, 0.25) is 0 Å². The zero-order valence-corrected chi connectivity index (χ0v) is 24.0. The SMILES string of the molecule is CCCOCOCCCc1cc2sc3c(c2s1)C=C1SC2=C(SC(CCCOCOCC)C2)C1C3. The minimum absolute atomic E-state index is 0.424. The van der Waals surface area contributed by atoms with E-state index in [0.717, 1.165) is 57.4 Å². The number of aryl methyl sites for hydroxylation is 1. The van der Waals surface area contributed by atoms with Crippen molar-refractivity contribution >= 4 is 61.7 Å². The predicted molar refractivity (Wildman–Crippen MR) is 153 cm³/mol. The number of hydrogen-bond donors (Lipinski definition) is 0. The Morgan fingerprint density at radius 3 is 2.63 bits per heavy atom. The summed E-state index contributed by atoms with van der Waals surface area (Å²) in [6, 6.07) is 2.43. The van der Waals surface area contributed by atoms with E-state index in [1.807, 2.05) is 29.6 Å². The molecule has 5 rings (SSSR count). The maximum absolute atomic E-state index is 5.59. The van der Waals surface area contributed by atoms with E-state index < -0.39 is 0 Å². The minimum atomic E-state index is 0.424. The van der Waals surface area contributed by atoms with Crippen LogP contribution in [0.15, 0.2) is 20.8 Å². The maximum Gasteiger partial charge on any atom is 0.146 e. The lowest BCUT2D eigenvalue weighted by molar-refractivity contribution is -0.0539. The molecule has 1 aliphatic carbocycles. The molecule has 8 heteroatoms. The van der Waals surface area contributed by atoms with E-state index in [-0.39, 0.29) is 0 Å². The molecule has 0 bridgehead atoms. The highest BCUT2D eigenvalue weighted by atomic mass is 32.2. The summed E-state index contributed by atoms with van der Waals surface area (Å²) in [7, 11) is 0. The number of ether oxygens (including phenoxy) is 4. The number of fused-ring (bicyclic) bond motifs is 5. The molecule has 4 heterocycles. The van der Waals surface area contributed by atoms with E-state index in [1.54, 1.807) is 19.6 Å². The topological polar surface area (TPSA) is 36.9 Å². The van der Waals surface area contributed by atoms with Crippen LogP contribution >= 0.6 is 46.2 Å². The first kappa shape index (κ1) is 26.3. The van der Waals surface area contributed by atoms with Crippen molar-refractivity contribution in [3.05, 3.63) is 36.1 Å². The maximum atomic E-state index is 5.59. The second kappa shape index (κ2) is 13.0. The van der Waals surface area contributed by atoms with E-state index >= 15 is 0 Å². The van der Waals surface area contributed by atoms with Crippen LogP contribution in [0.5, 0.6) is 0 Å². The largest absolute Gasteiger partial charge is 0.356 e. The average molecular weight is 553 g/mol. The minimum Gasteiger partial charge on any atom is -0.356 e. The van der Waals surface area contributed by atoms with E-state index in [2.05, 4.69) is 42.6 Å². The molecule has 0 N–H and O–H groups in total. The number of allylic oxidation sites excluding steroid dienone is 3. The van der Waals surface area contributed by atoms with Gasteiger partial charge in [0.05, 0.1) is 4.70 Å². The third-order valence-corrected chi connectivity index (χ3v) is 12.0. The van der Waals surface area contributed by atoms with Crippen LogP contribution in [0.4, 0.5) is 0 Å². The lowest BCUT2D eigenvalue weighted by Crippen LogP contribution is -2.10. The fourth-order valence-electron chi connectivity index (χ4n) is 4.82. The van der Waals surface area contributed by atoms with Gasteiger partial charge in [-0.05, 0) is 68.9 Å². The van der Waals surface area contributed by atoms with Gasteiger partial charge in [-0.25, -0.2) is 0 Å². The second-order valence-electron chi connectivity index (χ2n) is 9.18. The van der Waals surface area contributed by atoms with Gasteiger partial charge >= 0.3 is 0 Å². The molecular weight excluding hydrogens is 517 g/mol. The van der Waals surface area contributed by atoms with Crippen molar-refractivity contribution in [2.45, 2.75) is 64.0 Å². The summed E-state index contributed by atoms with van der Waals surface area (Å²) in [4.78, 5) is 7.98. The third kappa shape index (κ3) is 6.40. The van der Waals surface area contributed by atoms with E-state index in [9.17, 15) is 0 Å². The van der Waals surface area contributed by atoms with Gasteiger partial charge < -0.3 is 18.9 Å². The molecule has 2 atom stereocenters. The van der Waals surface area contributed by atoms with Crippen LogP contribution in [-0.2, 0) is 31.8 Å². The first-order valence-corrected chi connectivity index (χ1v) is 16.2. The van der Waals surface area contributed by atoms with Gasteiger partial charge in [-0.15, -0.1) is 34.4 Å². The molecule has 2 aromatic heterocycles. The molecule has 3 aliphatic rings. The van der Waals surface area contributed by atoms with Gasteiger partial charge in [0, 0.05) is 67.4 Å². The van der Waals surface area contributed by atoms with E-state index in [1.165, 1.54) is 39.1 Å². The lowest BCUT2D eigenvalue weighted by Gasteiger charge is -2.21. The summed E-state index contributed by atoms with van der Waals surface area (Å²) < 4.78 is 24.8. The van der Waals surface area contributed by atoms with Crippen molar-refractivity contribution in [3.63, 3.8) is 0 Å². The molecule has 0 spiro atoms. The van der Waals surface area contributed by atoms with Gasteiger partial charge in [-0.1, -0.05) is 18.7 Å². The van der Waals surface area contributed by atoms with Gasteiger partial charge in [0.25, 0.3) is 0 Å². The number of hydrogen-bond acceptors (Lipinski definition) is 8. The van der Waals surface area contributed by atoms with Gasteiger partial charge in [0.2, 0.25) is 0 Å². The monoisotopic (exact) mass is 552 g/mol. The molecule has 35 heavy (non-hydrogen) atoms. The molecule has 2 aromatic rings. The van der Waals surface area contributed by atoms with E-state index in [4.69, 9.17) is 18.9 Å². The Bertz CT molecular complexity index is 1050. The smallest absolute Gasteiger partial charge is 0.146 e. The molecule has 2 aliphatic heterocycles. The van der Waals surface area contributed by atoms with Gasteiger partial charge in [0.1, 0.15) is 13.6 Å². The molecule has 0 saturated carbocycles. The van der Waals surface area contributed by atoms with Crippen molar-refractivity contribution < 1.29 is 18.9 Å². The van der Waals surface area contributed by atoms with Crippen LogP contribution in [0.3, 0.4) is 0 Å². The van der Waals surface area contributed by atoms with Crippen LogP contribution in [0.25, 0.3) is 15.5 Å². The summed E-state index contributed by atoms with van der Waals surface area (Å²) in [5.41, 5.74) is 1.51. The standard InChI is InChI=1S/C27H36O4S4/c1-3-9-29-17-31-11-6-8-19-13-25-27(33-19)21-15-22-20(14-23(21)35-25)26-24(34-22)12-18(32-26)7-5-10-30-16-28-4-2/h13,15,18,20H,3-12,14,16-17H2,1-2H3. The quantitative estimate of drug-likeness (QED) is 0.164. The highest BCUT2D eigenvalue weighted by Gasteiger charge is 2.40. The molecular formula is C27H36O4S4. The van der Waals surface area contributed by atoms with Crippen molar-refractivity contribution in [3.8, 4) is 0 Å². The van der Waals surface area contributed by atoms with Gasteiger partial charge in [-0.2, -0.15) is 0 Å².